The Morgan fingerprint density at radius 1 is 0.792 bits per heavy atom. The van der Waals surface area contributed by atoms with Crippen LogP contribution in [-0.4, -0.2) is 5.11 Å². The van der Waals surface area contributed by atoms with Gasteiger partial charge in [0, 0.05) is 5.39 Å². The molecule has 0 saturated carbocycles. The first-order chi connectivity index (χ1) is 11.3. The van der Waals surface area contributed by atoms with Crippen molar-refractivity contribution in [1.29, 1.82) is 0 Å². The van der Waals surface area contributed by atoms with E-state index in [1.807, 2.05) is 43.3 Å². The van der Waals surface area contributed by atoms with Crippen LogP contribution >= 0.6 is 0 Å². The summed E-state index contributed by atoms with van der Waals surface area (Å²) in [7, 11) is 0. The summed E-state index contributed by atoms with van der Waals surface area (Å²) in [5.41, 5.74) is 4.33. The van der Waals surface area contributed by atoms with E-state index in [-0.39, 0.29) is 0 Å². The molecule has 0 radical (unpaired) electrons. The van der Waals surface area contributed by atoms with Gasteiger partial charge in [-0.25, -0.2) is 0 Å². The minimum atomic E-state index is 0.388. The lowest BCUT2D eigenvalue weighted by molar-refractivity contribution is 0.454. The minimum absolute atomic E-state index is 0.388. The van der Waals surface area contributed by atoms with Crippen LogP contribution in [0.1, 0.15) is 62.0 Å². The Balaban J connectivity index is 0.000000175. The van der Waals surface area contributed by atoms with Crippen molar-refractivity contribution >= 4 is 11.0 Å². The summed E-state index contributed by atoms with van der Waals surface area (Å²) >= 11 is 0. The predicted octanol–water partition coefficient (Wildman–Crippen LogP) is 6.69. The Morgan fingerprint density at radius 3 is 1.83 bits per heavy atom. The Labute approximate surface area is 145 Å². The van der Waals surface area contributed by atoms with Gasteiger partial charge >= 0.3 is 0 Å². The van der Waals surface area contributed by atoms with Gasteiger partial charge in [-0.2, -0.15) is 0 Å². The summed E-state index contributed by atoms with van der Waals surface area (Å²) in [4.78, 5) is 0. The van der Waals surface area contributed by atoms with Crippen molar-refractivity contribution in [2.45, 2.75) is 53.4 Å². The average molecular weight is 324 g/mol. The second kappa shape index (κ2) is 7.57. The second-order valence-corrected chi connectivity index (χ2v) is 6.87. The molecule has 0 atom stereocenters. The molecule has 2 heteroatoms. The molecule has 24 heavy (non-hydrogen) atoms. The topological polar surface area (TPSA) is 33.4 Å². The maximum Gasteiger partial charge on any atom is 0.134 e. The molecule has 0 aliphatic heterocycles. The molecule has 1 aromatic heterocycles. The zero-order valence-electron chi connectivity index (χ0n) is 15.6. The van der Waals surface area contributed by atoms with Crippen LogP contribution in [0.15, 0.2) is 46.9 Å². The largest absolute Gasteiger partial charge is 0.507 e. The first kappa shape index (κ1) is 18.1. The number of fused-ring (bicyclic) bond motifs is 1. The van der Waals surface area contributed by atoms with Crippen LogP contribution in [0, 0.1) is 13.8 Å². The van der Waals surface area contributed by atoms with Gasteiger partial charge < -0.3 is 9.52 Å². The third-order valence-electron chi connectivity index (χ3n) is 4.42. The lowest BCUT2D eigenvalue weighted by Crippen LogP contribution is -1.94. The normalized spacial score (nSPS) is 11.0. The Morgan fingerprint density at radius 2 is 1.33 bits per heavy atom. The van der Waals surface area contributed by atoms with E-state index in [0.717, 1.165) is 22.5 Å². The van der Waals surface area contributed by atoms with Crippen molar-refractivity contribution in [2.24, 2.45) is 0 Å². The van der Waals surface area contributed by atoms with Gasteiger partial charge in [0.05, 0.1) is 0 Å². The monoisotopic (exact) mass is 324 g/mol. The highest BCUT2D eigenvalue weighted by atomic mass is 16.3. The Hall–Kier alpha value is -2.22. The van der Waals surface area contributed by atoms with E-state index in [2.05, 4.69) is 40.7 Å². The van der Waals surface area contributed by atoms with Gasteiger partial charge in [0.1, 0.15) is 17.1 Å². The van der Waals surface area contributed by atoms with Gasteiger partial charge in [0.2, 0.25) is 0 Å². The van der Waals surface area contributed by atoms with Crippen LogP contribution in [0.2, 0.25) is 0 Å². The summed E-state index contributed by atoms with van der Waals surface area (Å²) in [5.74, 6) is 2.27. The summed E-state index contributed by atoms with van der Waals surface area (Å²) in [6, 6.07) is 14.1. The molecule has 1 heterocycles. The number of furan rings is 1. The van der Waals surface area contributed by atoms with Gasteiger partial charge in [-0.3, -0.25) is 0 Å². The average Bonchev–Trinajstić information content (AvgIpc) is 2.83. The van der Waals surface area contributed by atoms with Crippen LogP contribution in [0.5, 0.6) is 5.75 Å². The van der Waals surface area contributed by atoms with E-state index in [4.69, 9.17) is 4.42 Å². The number of para-hydroxylation sites is 2. The molecule has 2 aromatic carbocycles. The summed E-state index contributed by atoms with van der Waals surface area (Å²) in [6.45, 7) is 12.5. The predicted molar refractivity (Wildman–Crippen MR) is 102 cm³/mol. The van der Waals surface area contributed by atoms with E-state index < -0.39 is 0 Å². The molecule has 1 N–H and O–H groups in total. The molecule has 128 valence electrons. The molecule has 0 spiro atoms. The van der Waals surface area contributed by atoms with Gasteiger partial charge in [-0.1, -0.05) is 64.1 Å². The quantitative estimate of drug-likeness (QED) is 0.569. The number of hydrogen-bond acceptors (Lipinski definition) is 2. The van der Waals surface area contributed by atoms with Gasteiger partial charge in [-0.15, -0.1) is 0 Å². The van der Waals surface area contributed by atoms with E-state index in [9.17, 15) is 5.11 Å². The highest BCUT2D eigenvalue weighted by Crippen LogP contribution is 2.32. The third kappa shape index (κ3) is 3.81. The molecule has 0 saturated heterocycles. The standard InChI is InChI=1S/C12H18O.C10H10O/c1-8(2)10-6-5-7-11(9(3)4)12(10)13;1-7-8(2)11-10-6-4-3-5-9(7)10/h5-9,13H,1-4H3;3-6H,1-2H3. The fourth-order valence-corrected chi connectivity index (χ4v) is 2.81. The first-order valence-corrected chi connectivity index (χ1v) is 8.59. The van der Waals surface area contributed by atoms with E-state index >= 15 is 0 Å². The molecule has 0 aliphatic rings. The molecular formula is C22H28O2. The summed E-state index contributed by atoms with van der Waals surface area (Å²) in [5, 5.41) is 11.2. The number of aromatic hydroxyl groups is 1. The van der Waals surface area contributed by atoms with E-state index in [1.54, 1.807) is 0 Å². The highest BCUT2D eigenvalue weighted by Gasteiger charge is 2.11. The highest BCUT2D eigenvalue weighted by molar-refractivity contribution is 5.81. The smallest absolute Gasteiger partial charge is 0.134 e. The lowest BCUT2D eigenvalue weighted by Gasteiger charge is -2.14. The van der Waals surface area contributed by atoms with Crippen molar-refractivity contribution in [3.05, 3.63) is 64.9 Å². The van der Waals surface area contributed by atoms with Crippen LogP contribution < -0.4 is 0 Å². The van der Waals surface area contributed by atoms with Crippen LogP contribution in [-0.2, 0) is 0 Å². The lowest BCUT2D eigenvalue weighted by atomic mass is 9.94. The number of hydrogen-bond donors (Lipinski definition) is 1. The Bertz CT molecular complexity index is 784. The molecule has 2 nitrogen and oxygen atoms in total. The molecule has 0 unspecified atom stereocenters. The molecule has 3 aromatic rings. The van der Waals surface area contributed by atoms with Crippen molar-refractivity contribution in [3.63, 3.8) is 0 Å². The number of benzene rings is 2. The van der Waals surface area contributed by atoms with Crippen molar-refractivity contribution in [3.8, 4) is 5.75 Å². The first-order valence-electron chi connectivity index (χ1n) is 8.59. The molecule has 0 bridgehead atoms. The van der Waals surface area contributed by atoms with E-state index in [1.165, 1.54) is 10.9 Å². The minimum Gasteiger partial charge on any atom is -0.507 e. The number of rotatable bonds is 2. The number of phenolic OH excluding ortho intramolecular Hbond substituents is 1. The maximum absolute atomic E-state index is 9.93. The zero-order chi connectivity index (χ0) is 17.9. The zero-order valence-corrected chi connectivity index (χ0v) is 15.6. The van der Waals surface area contributed by atoms with Gasteiger partial charge in [0.25, 0.3) is 0 Å². The number of phenols is 1. The van der Waals surface area contributed by atoms with Crippen molar-refractivity contribution in [2.75, 3.05) is 0 Å². The summed E-state index contributed by atoms with van der Waals surface area (Å²) in [6.07, 6.45) is 0. The number of aryl methyl sites for hydroxylation is 2. The molecule has 0 fully saturated rings. The van der Waals surface area contributed by atoms with Crippen molar-refractivity contribution < 1.29 is 9.52 Å². The van der Waals surface area contributed by atoms with Crippen LogP contribution in [0.3, 0.4) is 0 Å². The molecule has 0 aliphatic carbocycles. The fourth-order valence-electron chi connectivity index (χ4n) is 2.81. The third-order valence-corrected chi connectivity index (χ3v) is 4.42. The SMILES string of the molecule is CC(C)c1cccc(C(C)C)c1O.Cc1oc2ccccc2c1C. The molecule has 3 rings (SSSR count). The fraction of sp³-hybridized carbons (Fsp3) is 0.364. The Kier molecular flexibility index (Phi) is 5.71. The van der Waals surface area contributed by atoms with Gasteiger partial charge in [0.15, 0.2) is 0 Å². The molecular weight excluding hydrogens is 296 g/mol. The van der Waals surface area contributed by atoms with Crippen LogP contribution in [0.4, 0.5) is 0 Å². The molecule has 0 amide bonds. The summed E-state index contributed by atoms with van der Waals surface area (Å²) < 4.78 is 5.50. The van der Waals surface area contributed by atoms with Crippen LogP contribution in [0.25, 0.3) is 11.0 Å². The van der Waals surface area contributed by atoms with Crippen molar-refractivity contribution in [1.82, 2.24) is 0 Å². The second-order valence-electron chi connectivity index (χ2n) is 6.87. The van der Waals surface area contributed by atoms with E-state index in [0.29, 0.717) is 17.6 Å². The van der Waals surface area contributed by atoms with Gasteiger partial charge in [-0.05, 0) is 48.4 Å². The maximum atomic E-state index is 9.93.